The van der Waals surface area contributed by atoms with E-state index in [-0.39, 0.29) is 11.7 Å². The van der Waals surface area contributed by atoms with Gasteiger partial charge in [-0.2, -0.15) is 4.98 Å². The first-order valence-electron chi connectivity index (χ1n) is 6.19. The average Bonchev–Trinajstić information content (AvgIpc) is 2.46. The molecule has 0 aliphatic carbocycles. The number of hydrogen-bond donors (Lipinski definition) is 2. The van der Waals surface area contributed by atoms with Crippen molar-refractivity contribution in [2.75, 3.05) is 18.1 Å². The molecule has 0 aliphatic rings. The summed E-state index contributed by atoms with van der Waals surface area (Å²) >= 11 is 0. The molecule has 0 radical (unpaired) electrons. The summed E-state index contributed by atoms with van der Waals surface area (Å²) in [5.41, 5.74) is 8.21. The lowest BCUT2D eigenvalue weighted by atomic mass is 10.0. The van der Waals surface area contributed by atoms with Gasteiger partial charge in [0.25, 0.3) is 0 Å². The minimum Gasteiger partial charge on any atom is -0.373 e. The molecule has 1 aromatic carbocycles. The summed E-state index contributed by atoms with van der Waals surface area (Å²) in [6, 6.07) is 9.43. The monoisotopic (exact) mass is 268 g/mol. The van der Waals surface area contributed by atoms with Gasteiger partial charge in [-0.05, 0) is 17.7 Å². The van der Waals surface area contributed by atoms with Crippen molar-refractivity contribution < 1.29 is 4.79 Å². The van der Waals surface area contributed by atoms with E-state index in [1.165, 1.54) is 6.08 Å². The Morgan fingerprint density at radius 3 is 2.90 bits per heavy atom. The number of nitrogen functional groups attached to an aromatic ring is 1. The molecule has 5 nitrogen and oxygen atoms in total. The normalized spacial score (nSPS) is 10.1. The molecule has 2 aromatic rings. The Kier molecular flexibility index (Phi) is 4.10. The summed E-state index contributed by atoms with van der Waals surface area (Å²) in [5, 5.41) is 2.94. The first-order chi connectivity index (χ1) is 9.62. The first-order valence-corrected chi connectivity index (χ1v) is 6.19. The molecule has 0 aliphatic heterocycles. The molecule has 0 spiro atoms. The van der Waals surface area contributed by atoms with Crippen LogP contribution in [0.1, 0.15) is 5.56 Å². The van der Waals surface area contributed by atoms with Gasteiger partial charge in [0.15, 0.2) is 5.78 Å². The van der Waals surface area contributed by atoms with Crippen LogP contribution in [0, 0.1) is 0 Å². The molecule has 0 atom stereocenters. The van der Waals surface area contributed by atoms with E-state index in [0.717, 1.165) is 16.8 Å². The first kappa shape index (κ1) is 13.7. The van der Waals surface area contributed by atoms with Crippen LogP contribution in [0.4, 0.5) is 11.8 Å². The summed E-state index contributed by atoms with van der Waals surface area (Å²) in [6.45, 7) is 3.48. The van der Waals surface area contributed by atoms with Crippen molar-refractivity contribution in [1.82, 2.24) is 9.97 Å². The molecule has 20 heavy (non-hydrogen) atoms. The Morgan fingerprint density at radius 1 is 1.40 bits per heavy atom. The second-order valence-electron chi connectivity index (χ2n) is 4.29. The Bertz CT molecular complexity index is 652. The Morgan fingerprint density at radius 2 is 2.20 bits per heavy atom. The highest BCUT2D eigenvalue weighted by Crippen LogP contribution is 2.21. The van der Waals surface area contributed by atoms with Crippen molar-refractivity contribution in [3.8, 4) is 11.3 Å². The lowest BCUT2D eigenvalue weighted by molar-refractivity contribution is -0.114. The van der Waals surface area contributed by atoms with Gasteiger partial charge < -0.3 is 11.1 Å². The Labute approximate surface area is 117 Å². The lowest BCUT2D eigenvalue weighted by Gasteiger charge is -2.07. The molecule has 0 saturated heterocycles. The maximum Gasteiger partial charge on any atom is 0.222 e. The van der Waals surface area contributed by atoms with Crippen molar-refractivity contribution in [1.29, 1.82) is 0 Å². The third-order valence-corrected chi connectivity index (χ3v) is 2.83. The number of nitrogens with one attached hydrogen (secondary N) is 1. The highest BCUT2D eigenvalue weighted by Gasteiger charge is 2.06. The van der Waals surface area contributed by atoms with E-state index < -0.39 is 0 Å². The third-order valence-electron chi connectivity index (χ3n) is 2.83. The van der Waals surface area contributed by atoms with Gasteiger partial charge in [0.2, 0.25) is 5.95 Å². The number of ketones is 1. The van der Waals surface area contributed by atoms with E-state index in [2.05, 4.69) is 21.9 Å². The largest absolute Gasteiger partial charge is 0.373 e. The van der Waals surface area contributed by atoms with Crippen LogP contribution in [0.5, 0.6) is 0 Å². The molecule has 0 unspecified atom stereocenters. The molecule has 0 saturated carbocycles. The van der Waals surface area contributed by atoms with Gasteiger partial charge in [-0.1, -0.05) is 24.8 Å². The number of nitrogens with two attached hydrogens (primary N) is 1. The topological polar surface area (TPSA) is 80.9 Å². The fraction of sp³-hybridized carbons (Fsp3) is 0.133. The number of allylic oxidation sites excluding steroid dienone is 1. The second-order valence-corrected chi connectivity index (χ2v) is 4.29. The van der Waals surface area contributed by atoms with Crippen LogP contribution in [-0.2, 0) is 11.2 Å². The van der Waals surface area contributed by atoms with Crippen LogP contribution in [0.15, 0.2) is 43.0 Å². The van der Waals surface area contributed by atoms with Crippen LogP contribution < -0.4 is 11.1 Å². The van der Waals surface area contributed by atoms with Gasteiger partial charge in [-0.15, -0.1) is 0 Å². The SMILES string of the molecule is C=CC(=O)Cc1cccc(-c2cc(NC)nc(N)n2)c1. The number of carbonyl (C=O) groups is 1. The molecule has 0 fully saturated rings. The zero-order chi connectivity index (χ0) is 14.5. The molecule has 5 heteroatoms. The smallest absolute Gasteiger partial charge is 0.222 e. The van der Waals surface area contributed by atoms with Crippen molar-refractivity contribution in [2.45, 2.75) is 6.42 Å². The fourth-order valence-electron chi connectivity index (χ4n) is 1.86. The highest BCUT2D eigenvalue weighted by molar-refractivity contribution is 5.91. The summed E-state index contributed by atoms with van der Waals surface area (Å²) < 4.78 is 0. The summed E-state index contributed by atoms with van der Waals surface area (Å²) in [7, 11) is 1.77. The van der Waals surface area contributed by atoms with E-state index in [0.29, 0.717) is 12.2 Å². The molecule has 0 amide bonds. The predicted octanol–water partition coefficient (Wildman–Crippen LogP) is 2.07. The molecule has 0 bridgehead atoms. The van der Waals surface area contributed by atoms with Crippen LogP contribution in [0.25, 0.3) is 11.3 Å². The Balaban J connectivity index is 2.37. The van der Waals surface area contributed by atoms with Crippen LogP contribution in [-0.4, -0.2) is 22.8 Å². The minimum absolute atomic E-state index is 0.0136. The van der Waals surface area contributed by atoms with E-state index in [9.17, 15) is 4.79 Å². The third kappa shape index (κ3) is 3.20. The van der Waals surface area contributed by atoms with Gasteiger partial charge in [0, 0.05) is 25.1 Å². The number of carbonyl (C=O) groups excluding carboxylic acids is 1. The number of hydrogen-bond acceptors (Lipinski definition) is 5. The standard InChI is InChI=1S/C15H16N4O/c1-3-12(20)8-10-5-4-6-11(7-10)13-9-14(17-2)19-15(16)18-13/h3-7,9H,1,8H2,2H3,(H3,16,17,18,19). The molecule has 3 N–H and O–H groups in total. The van der Waals surface area contributed by atoms with Crippen molar-refractivity contribution >= 4 is 17.5 Å². The van der Waals surface area contributed by atoms with E-state index in [1.54, 1.807) is 7.05 Å². The van der Waals surface area contributed by atoms with Crippen molar-refractivity contribution in [3.63, 3.8) is 0 Å². The zero-order valence-corrected chi connectivity index (χ0v) is 11.3. The van der Waals surface area contributed by atoms with Gasteiger partial charge in [0.05, 0.1) is 5.69 Å². The number of benzene rings is 1. The van der Waals surface area contributed by atoms with Crippen LogP contribution in [0.2, 0.25) is 0 Å². The van der Waals surface area contributed by atoms with Crippen molar-refractivity contribution in [3.05, 3.63) is 48.6 Å². The van der Waals surface area contributed by atoms with Crippen molar-refractivity contribution in [2.24, 2.45) is 0 Å². The van der Waals surface area contributed by atoms with Gasteiger partial charge in [0.1, 0.15) is 5.82 Å². The van der Waals surface area contributed by atoms with Crippen LogP contribution in [0.3, 0.4) is 0 Å². The molecule has 1 aromatic heterocycles. The number of rotatable bonds is 5. The molecular weight excluding hydrogens is 252 g/mol. The quantitative estimate of drug-likeness (QED) is 0.811. The fourth-order valence-corrected chi connectivity index (χ4v) is 1.86. The maximum atomic E-state index is 11.4. The summed E-state index contributed by atoms with van der Waals surface area (Å²) in [5.74, 6) is 0.847. The van der Waals surface area contributed by atoms with Gasteiger partial charge in [-0.3, -0.25) is 4.79 Å². The molecule has 1 heterocycles. The summed E-state index contributed by atoms with van der Waals surface area (Å²) in [4.78, 5) is 19.7. The second kappa shape index (κ2) is 5.97. The lowest BCUT2D eigenvalue weighted by Crippen LogP contribution is -2.02. The zero-order valence-electron chi connectivity index (χ0n) is 11.3. The number of nitrogens with zero attached hydrogens (tertiary/aromatic N) is 2. The molecule has 2 rings (SSSR count). The van der Waals surface area contributed by atoms with Crippen LogP contribution >= 0.6 is 0 Å². The Hall–Kier alpha value is -2.69. The summed E-state index contributed by atoms with van der Waals surface area (Å²) in [6.07, 6.45) is 1.66. The van der Waals surface area contributed by atoms with E-state index >= 15 is 0 Å². The highest BCUT2D eigenvalue weighted by atomic mass is 16.1. The number of anilines is 2. The molecule has 102 valence electrons. The number of aromatic nitrogens is 2. The minimum atomic E-state index is -0.0136. The van der Waals surface area contributed by atoms with E-state index in [1.807, 2.05) is 30.3 Å². The maximum absolute atomic E-state index is 11.4. The molecular formula is C15H16N4O. The van der Waals surface area contributed by atoms with Gasteiger partial charge >= 0.3 is 0 Å². The van der Waals surface area contributed by atoms with E-state index in [4.69, 9.17) is 5.73 Å². The average molecular weight is 268 g/mol. The van der Waals surface area contributed by atoms with Gasteiger partial charge in [-0.25, -0.2) is 4.98 Å². The predicted molar refractivity (Wildman–Crippen MR) is 80.3 cm³/mol.